The molecule has 0 aromatic carbocycles. The van der Waals surface area contributed by atoms with Crippen molar-refractivity contribution in [1.29, 1.82) is 0 Å². The zero-order chi connectivity index (χ0) is 9.14. The molecule has 0 aromatic rings. The lowest BCUT2D eigenvalue weighted by Gasteiger charge is -2.39. The van der Waals surface area contributed by atoms with Crippen LogP contribution in [0.4, 0.5) is 0 Å². The van der Waals surface area contributed by atoms with Crippen LogP contribution in [-0.2, 0) is 0 Å². The van der Waals surface area contributed by atoms with Gasteiger partial charge in [0, 0.05) is 0 Å². The fraction of sp³-hybridized carbons (Fsp3) is 0.444. The van der Waals surface area contributed by atoms with Crippen LogP contribution in [0.5, 0.6) is 0 Å². The molecule has 0 aromatic heterocycles. The van der Waals surface area contributed by atoms with Crippen molar-refractivity contribution < 1.29 is 0 Å². The van der Waals surface area contributed by atoms with Crippen molar-refractivity contribution in [2.24, 2.45) is 0 Å². The maximum absolute atomic E-state index is 2.20. The van der Waals surface area contributed by atoms with Crippen LogP contribution in [0.1, 0.15) is 0 Å². The largest absolute Gasteiger partial charge is 0.572 e. The molecular formula is C9H16BN2-. The van der Waals surface area contributed by atoms with Gasteiger partial charge in [-0.25, -0.2) is 0 Å². The fourth-order valence-electron chi connectivity index (χ4n) is 1.62. The normalized spacial score (nSPS) is 13.8. The summed E-state index contributed by atoms with van der Waals surface area (Å²) >= 11 is 0. The second-order valence-corrected chi connectivity index (χ2v) is 3.52. The Kier molecular flexibility index (Phi) is 2.74. The highest BCUT2D eigenvalue weighted by molar-refractivity contribution is 6.71. The van der Waals surface area contributed by atoms with Gasteiger partial charge in [-0.05, 0) is 28.2 Å². The van der Waals surface area contributed by atoms with Gasteiger partial charge in [-0.15, -0.1) is 0 Å². The summed E-state index contributed by atoms with van der Waals surface area (Å²) in [6, 6.07) is 0. The van der Waals surface area contributed by atoms with Gasteiger partial charge in [-0.3, -0.25) is 0 Å². The zero-order valence-electron chi connectivity index (χ0n) is 8.28. The average Bonchev–Trinajstić information content (AvgIpc) is 2.37. The molecule has 0 N–H and O–H groups in total. The van der Waals surface area contributed by atoms with Crippen LogP contribution in [0, 0.1) is 0 Å². The van der Waals surface area contributed by atoms with Crippen molar-refractivity contribution >= 4 is 12.1 Å². The molecule has 1 rings (SSSR count). The van der Waals surface area contributed by atoms with Gasteiger partial charge in [0.15, 0.2) is 0 Å². The summed E-state index contributed by atoms with van der Waals surface area (Å²) in [7, 11) is 8.38. The highest BCUT2D eigenvalue weighted by Gasteiger charge is 1.96. The highest BCUT2D eigenvalue weighted by Crippen LogP contribution is 1.97. The summed E-state index contributed by atoms with van der Waals surface area (Å²) in [6.45, 7) is 0.389. The van der Waals surface area contributed by atoms with Gasteiger partial charge in [0.05, 0.1) is 6.62 Å². The first-order chi connectivity index (χ1) is 5.63. The third-order valence-corrected chi connectivity index (χ3v) is 1.96. The SMILES string of the molecule is CN(C)[B-](=C1C=CC=C1)N(C)C. The third kappa shape index (κ3) is 1.78. The number of allylic oxidation sites excluding steroid dienone is 4. The molecule has 0 radical (unpaired) electrons. The average molecular weight is 163 g/mol. The van der Waals surface area contributed by atoms with Crippen molar-refractivity contribution in [2.75, 3.05) is 28.2 Å². The van der Waals surface area contributed by atoms with Crippen LogP contribution in [0.25, 0.3) is 0 Å². The Balaban J connectivity index is 2.99. The van der Waals surface area contributed by atoms with Gasteiger partial charge in [0.1, 0.15) is 0 Å². The van der Waals surface area contributed by atoms with E-state index < -0.39 is 0 Å². The number of rotatable bonds is 2. The molecule has 1 aliphatic carbocycles. The van der Waals surface area contributed by atoms with Crippen LogP contribution in [0.3, 0.4) is 0 Å². The van der Waals surface area contributed by atoms with Crippen LogP contribution in [0.2, 0.25) is 0 Å². The maximum Gasteiger partial charge on any atom is 0.0559 e. The highest BCUT2D eigenvalue weighted by atomic mass is 15.1. The van der Waals surface area contributed by atoms with E-state index >= 15 is 0 Å². The van der Waals surface area contributed by atoms with Gasteiger partial charge in [0.2, 0.25) is 0 Å². The van der Waals surface area contributed by atoms with E-state index in [0.717, 1.165) is 0 Å². The lowest BCUT2D eigenvalue weighted by molar-refractivity contribution is 0.542. The topological polar surface area (TPSA) is 6.48 Å². The molecule has 0 spiro atoms. The van der Waals surface area contributed by atoms with E-state index in [2.05, 4.69) is 62.1 Å². The van der Waals surface area contributed by atoms with Crippen molar-refractivity contribution in [1.82, 2.24) is 9.62 Å². The molecule has 2 nitrogen and oxygen atoms in total. The summed E-state index contributed by atoms with van der Waals surface area (Å²) in [4.78, 5) is 4.41. The van der Waals surface area contributed by atoms with Gasteiger partial charge in [0.25, 0.3) is 0 Å². The van der Waals surface area contributed by atoms with E-state index in [1.807, 2.05) is 0 Å². The lowest BCUT2D eigenvalue weighted by Crippen LogP contribution is -2.42. The van der Waals surface area contributed by atoms with Gasteiger partial charge >= 0.3 is 0 Å². The van der Waals surface area contributed by atoms with E-state index in [-0.39, 0.29) is 0 Å². The molecule has 0 unspecified atom stereocenters. The second-order valence-electron chi connectivity index (χ2n) is 3.52. The molecule has 0 amide bonds. The van der Waals surface area contributed by atoms with E-state index in [1.54, 1.807) is 0 Å². The van der Waals surface area contributed by atoms with Crippen LogP contribution >= 0.6 is 0 Å². The Morgan fingerprint density at radius 2 is 1.33 bits per heavy atom. The van der Waals surface area contributed by atoms with E-state index in [9.17, 15) is 0 Å². The van der Waals surface area contributed by atoms with E-state index in [0.29, 0.717) is 6.62 Å². The lowest BCUT2D eigenvalue weighted by atomic mass is 9.80. The van der Waals surface area contributed by atoms with Crippen molar-refractivity contribution in [3.8, 4) is 0 Å². The van der Waals surface area contributed by atoms with Gasteiger partial charge in [-0.1, -0.05) is 24.3 Å². The molecule has 0 bridgehead atoms. The predicted molar refractivity (Wildman–Crippen MR) is 56.4 cm³/mol. The summed E-state index contributed by atoms with van der Waals surface area (Å²) in [5.74, 6) is 0. The Morgan fingerprint density at radius 3 is 1.67 bits per heavy atom. The standard InChI is InChI=1S/C9H16BN2/c1-11(2)10(12(3)4)9-7-5-6-8-9/h5-8H,1-4H3/q-1. The van der Waals surface area contributed by atoms with Crippen LogP contribution in [-0.4, -0.2) is 49.9 Å². The van der Waals surface area contributed by atoms with Crippen molar-refractivity contribution in [2.45, 2.75) is 0 Å². The first-order valence-corrected chi connectivity index (χ1v) is 4.17. The first kappa shape index (κ1) is 9.11. The number of nitrogens with zero attached hydrogens (tertiary/aromatic N) is 2. The molecule has 12 heavy (non-hydrogen) atoms. The zero-order valence-corrected chi connectivity index (χ0v) is 8.28. The summed E-state index contributed by atoms with van der Waals surface area (Å²) in [5, 5.41) is 0. The minimum absolute atomic E-state index is 0.389. The Bertz CT molecular complexity index is 225. The molecule has 0 aliphatic heterocycles. The molecule has 0 saturated heterocycles. The predicted octanol–water partition coefficient (Wildman–Crippen LogP) is 0.478. The second kappa shape index (κ2) is 3.61. The monoisotopic (exact) mass is 163 g/mol. The quantitative estimate of drug-likeness (QED) is 0.546. The van der Waals surface area contributed by atoms with Gasteiger partial charge in [-0.2, -0.15) is 5.46 Å². The van der Waals surface area contributed by atoms with Crippen LogP contribution < -0.4 is 0 Å². The Morgan fingerprint density at radius 1 is 0.917 bits per heavy atom. The molecule has 0 heterocycles. The van der Waals surface area contributed by atoms with Gasteiger partial charge < -0.3 is 9.62 Å². The molecule has 0 atom stereocenters. The molecule has 0 saturated carbocycles. The fourth-order valence-corrected chi connectivity index (χ4v) is 1.62. The number of hydrogen-bond donors (Lipinski definition) is 0. The molecule has 3 heteroatoms. The summed E-state index contributed by atoms with van der Waals surface area (Å²) in [6.07, 6.45) is 8.47. The third-order valence-electron chi connectivity index (χ3n) is 1.96. The van der Waals surface area contributed by atoms with E-state index in [4.69, 9.17) is 0 Å². The molecule has 0 fully saturated rings. The van der Waals surface area contributed by atoms with E-state index in [1.165, 1.54) is 5.46 Å². The molecular weight excluding hydrogens is 147 g/mol. The first-order valence-electron chi connectivity index (χ1n) is 4.17. The smallest absolute Gasteiger partial charge is 0.0559 e. The maximum atomic E-state index is 2.20. The van der Waals surface area contributed by atoms with Crippen LogP contribution in [0.15, 0.2) is 24.3 Å². The minimum atomic E-state index is 0.389. The number of hydrogen-bond acceptors (Lipinski definition) is 2. The van der Waals surface area contributed by atoms with Crippen molar-refractivity contribution in [3.63, 3.8) is 0 Å². The summed E-state index contributed by atoms with van der Waals surface area (Å²) in [5.41, 5.74) is 1.35. The Hall–Kier alpha value is -0.985. The molecule has 66 valence electrons. The Labute approximate surface area is 74.9 Å². The molecule has 1 aliphatic rings. The van der Waals surface area contributed by atoms with Crippen molar-refractivity contribution in [3.05, 3.63) is 24.3 Å². The summed E-state index contributed by atoms with van der Waals surface area (Å²) < 4.78 is 0. The minimum Gasteiger partial charge on any atom is -0.572 e.